The number of carbonyl (C=O) groups excluding carboxylic acids is 2. The van der Waals surface area contributed by atoms with E-state index in [1.807, 2.05) is 0 Å². The molecule has 0 fully saturated rings. The van der Waals surface area contributed by atoms with E-state index in [0.29, 0.717) is 5.76 Å². The third-order valence-corrected chi connectivity index (χ3v) is 3.15. The highest BCUT2D eigenvalue weighted by molar-refractivity contribution is 5.97. The molecular weight excluding hydrogens is 300 g/mol. The van der Waals surface area contributed by atoms with Crippen LogP contribution in [0.25, 0.3) is 0 Å². The number of nitrogens with one attached hydrogen (secondary N) is 1. The predicted molar refractivity (Wildman–Crippen MR) is 81.7 cm³/mol. The number of amides is 2. The summed E-state index contributed by atoms with van der Waals surface area (Å²) in [4.78, 5) is 23.1. The lowest BCUT2D eigenvalue weighted by atomic mass is 10.0. The van der Waals surface area contributed by atoms with Gasteiger partial charge in [-0.2, -0.15) is 0 Å². The van der Waals surface area contributed by atoms with Crippen LogP contribution in [0, 0.1) is 0 Å². The summed E-state index contributed by atoms with van der Waals surface area (Å²) in [6.45, 7) is 1.15. The molecular formula is C16H18N2O5. The second-order valence-corrected chi connectivity index (χ2v) is 5.18. The highest BCUT2D eigenvalue weighted by Gasteiger charge is 2.27. The zero-order valence-electron chi connectivity index (χ0n) is 12.6. The van der Waals surface area contributed by atoms with E-state index in [0.717, 1.165) is 0 Å². The molecule has 1 aromatic heterocycles. The molecule has 2 rings (SSSR count). The van der Waals surface area contributed by atoms with Gasteiger partial charge in [0, 0.05) is 0 Å². The van der Waals surface area contributed by atoms with Gasteiger partial charge < -0.3 is 25.3 Å². The van der Waals surface area contributed by atoms with Gasteiger partial charge in [-0.05, 0) is 31.2 Å². The van der Waals surface area contributed by atoms with Crippen LogP contribution in [0.2, 0.25) is 0 Å². The lowest BCUT2D eigenvalue weighted by molar-refractivity contribution is -0.119. The van der Waals surface area contributed by atoms with Crippen molar-refractivity contribution in [3.8, 4) is 5.75 Å². The number of nitrogens with two attached hydrogens (primary N) is 1. The molecule has 0 aliphatic rings. The van der Waals surface area contributed by atoms with Gasteiger partial charge in [-0.25, -0.2) is 0 Å². The Balaban J connectivity index is 2.05. The highest BCUT2D eigenvalue weighted by Crippen LogP contribution is 2.21. The van der Waals surface area contributed by atoms with Gasteiger partial charge in [0.1, 0.15) is 17.1 Å². The van der Waals surface area contributed by atoms with Crippen LogP contribution < -0.4 is 15.8 Å². The van der Waals surface area contributed by atoms with Gasteiger partial charge >= 0.3 is 0 Å². The van der Waals surface area contributed by atoms with Gasteiger partial charge in [-0.1, -0.05) is 12.1 Å². The zero-order valence-corrected chi connectivity index (χ0v) is 12.6. The number of rotatable bonds is 7. The van der Waals surface area contributed by atoms with Gasteiger partial charge in [-0.3, -0.25) is 9.59 Å². The highest BCUT2D eigenvalue weighted by atomic mass is 16.5. The Morgan fingerprint density at radius 3 is 2.70 bits per heavy atom. The summed E-state index contributed by atoms with van der Waals surface area (Å²) in [7, 11) is 0. The van der Waals surface area contributed by atoms with Crippen LogP contribution in [-0.4, -0.2) is 30.1 Å². The summed E-state index contributed by atoms with van der Waals surface area (Å²) in [5, 5.41) is 12.9. The molecule has 2 amide bonds. The standard InChI is InChI=1S/C16H18N2O5/c1-16(21,13-7-4-8-22-13)10-18-15(20)11-5-2-3-6-12(11)23-9-14(17)19/h2-8,21H,9-10H2,1H3,(H2,17,19)(H,18,20). The molecule has 1 aromatic carbocycles. The number of aliphatic hydroxyl groups is 1. The van der Waals surface area contributed by atoms with Crippen molar-refractivity contribution in [2.24, 2.45) is 5.73 Å². The second-order valence-electron chi connectivity index (χ2n) is 5.18. The van der Waals surface area contributed by atoms with Crippen LogP contribution in [0.4, 0.5) is 0 Å². The maximum absolute atomic E-state index is 12.3. The Kier molecular flexibility index (Phi) is 5.02. The summed E-state index contributed by atoms with van der Waals surface area (Å²) >= 11 is 0. The number of ether oxygens (including phenoxy) is 1. The van der Waals surface area contributed by atoms with Crippen molar-refractivity contribution >= 4 is 11.8 Å². The van der Waals surface area contributed by atoms with E-state index in [9.17, 15) is 14.7 Å². The molecule has 0 bridgehead atoms. The molecule has 1 unspecified atom stereocenters. The third-order valence-electron chi connectivity index (χ3n) is 3.15. The van der Waals surface area contributed by atoms with Crippen LogP contribution in [-0.2, 0) is 10.4 Å². The lowest BCUT2D eigenvalue weighted by Gasteiger charge is -2.21. The number of para-hydroxylation sites is 1. The Morgan fingerprint density at radius 1 is 1.30 bits per heavy atom. The van der Waals surface area contributed by atoms with Crippen molar-refractivity contribution < 1.29 is 23.8 Å². The molecule has 2 aromatic rings. The lowest BCUT2D eigenvalue weighted by Crippen LogP contribution is -2.38. The van der Waals surface area contributed by atoms with Crippen LogP contribution in [0.5, 0.6) is 5.75 Å². The molecule has 0 saturated heterocycles. The van der Waals surface area contributed by atoms with Crippen LogP contribution in [0.15, 0.2) is 47.1 Å². The van der Waals surface area contributed by atoms with E-state index in [1.165, 1.54) is 13.2 Å². The van der Waals surface area contributed by atoms with E-state index in [4.69, 9.17) is 14.9 Å². The Morgan fingerprint density at radius 2 is 2.04 bits per heavy atom. The van der Waals surface area contributed by atoms with E-state index < -0.39 is 17.4 Å². The van der Waals surface area contributed by atoms with Gasteiger partial charge in [0.05, 0.1) is 18.4 Å². The fourth-order valence-corrected chi connectivity index (χ4v) is 1.95. The van der Waals surface area contributed by atoms with Crippen molar-refractivity contribution in [2.45, 2.75) is 12.5 Å². The average molecular weight is 318 g/mol. The van der Waals surface area contributed by atoms with Crippen molar-refractivity contribution in [1.29, 1.82) is 0 Å². The number of carbonyl (C=O) groups is 2. The van der Waals surface area contributed by atoms with Crippen LogP contribution in [0.1, 0.15) is 23.0 Å². The summed E-state index contributed by atoms with van der Waals surface area (Å²) in [5.41, 5.74) is 3.92. The molecule has 0 radical (unpaired) electrons. The SMILES string of the molecule is CC(O)(CNC(=O)c1ccccc1OCC(N)=O)c1ccco1. The molecule has 122 valence electrons. The first-order valence-corrected chi connectivity index (χ1v) is 6.95. The molecule has 1 heterocycles. The van der Waals surface area contributed by atoms with Crippen molar-refractivity contribution in [3.05, 3.63) is 54.0 Å². The third kappa shape index (κ3) is 4.33. The first-order chi connectivity index (χ1) is 10.9. The summed E-state index contributed by atoms with van der Waals surface area (Å²) in [6, 6.07) is 9.72. The number of furan rings is 1. The molecule has 0 spiro atoms. The maximum Gasteiger partial charge on any atom is 0.255 e. The largest absolute Gasteiger partial charge is 0.483 e. The number of benzene rings is 1. The summed E-state index contributed by atoms with van der Waals surface area (Å²) in [6.07, 6.45) is 1.44. The fourth-order valence-electron chi connectivity index (χ4n) is 1.95. The Labute approximate surface area is 133 Å². The van der Waals surface area contributed by atoms with E-state index in [2.05, 4.69) is 5.32 Å². The van der Waals surface area contributed by atoms with E-state index >= 15 is 0 Å². The van der Waals surface area contributed by atoms with Gasteiger partial charge in [0.25, 0.3) is 11.8 Å². The van der Waals surface area contributed by atoms with Crippen molar-refractivity contribution in [3.63, 3.8) is 0 Å². The molecule has 1 atom stereocenters. The van der Waals surface area contributed by atoms with Crippen molar-refractivity contribution in [2.75, 3.05) is 13.2 Å². The molecule has 7 heteroatoms. The molecule has 23 heavy (non-hydrogen) atoms. The quantitative estimate of drug-likeness (QED) is 0.698. The summed E-state index contributed by atoms with van der Waals surface area (Å²) < 4.78 is 10.4. The van der Waals surface area contributed by atoms with Crippen molar-refractivity contribution in [1.82, 2.24) is 5.32 Å². The maximum atomic E-state index is 12.3. The minimum Gasteiger partial charge on any atom is -0.483 e. The fraction of sp³-hybridized carbons (Fsp3) is 0.250. The minimum atomic E-state index is -1.35. The van der Waals surface area contributed by atoms with E-state index in [-0.39, 0.29) is 24.5 Å². The average Bonchev–Trinajstić information content (AvgIpc) is 3.06. The molecule has 7 nitrogen and oxygen atoms in total. The Hall–Kier alpha value is -2.80. The monoisotopic (exact) mass is 318 g/mol. The number of hydrogen-bond donors (Lipinski definition) is 3. The first-order valence-electron chi connectivity index (χ1n) is 6.95. The number of primary amides is 1. The van der Waals surface area contributed by atoms with E-state index in [1.54, 1.807) is 36.4 Å². The first kappa shape index (κ1) is 16.6. The molecule has 0 aliphatic heterocycles. The number of hydrogen-bond acceptors (Lipinski definition) is 5. The van der Waals surface area contributed by atoms with Crippen LogP contribution >= 0.6 is 0 Å². The van der Waals surface area contributed by atoms with Crippen LogP contribution in [0.3, 0.4) is 0 Å². The summed E-state index contributed by atoms with van der Waals surface area (Å²) in [5.74, 6) is -0.504. The molecule has 0 saturated carbocycles. The predicted octanol–water partition coefficient (Wildman–Crippen LogP) is 0.781. The minimum absolute atomic E-state index is 0.0521. The van der Waals surface area contributed by atoms with Gasteiger partial charge in [0.2, 0.25) is 0 Å². The zero-order chi connectivity index (χ0) is 16.9. The van der Waals surface area contributed by atoms with Gasteiger partial charge in [0.15, 0.2) is 6.61 Å². The van der Waals surface area contributed by atoms with Gasteiger partial charge in [-0.15, -0.1) is 0 Å². The molecule has 4 N–H and O–H groups in total. The second kappa shape index (κ2) is 6.97. The smallest absolute Gasteiger partial charge is 0.255 e. The Bertz CT molecular complexity index is 680. The molecule has 0 aliphatic carbocycles. The topological polar surface area (TPSA) is 115 Å². The normalized spacial score (nSPS) is 13.1.